The number of ether oxygens (including phenoxy) is 1. The highest BCUT2D eigenvalue weighted by Gasteiger charge is 2.21. The molecule has 0 bridgehead atoms. The number of rotatable bonds is 2. The SMILES string of the molecule is COc1cc(C)c(C)cc1C1CN(C)CCN1. The van der Waals surface area contributed by atoms with Crippen molar-refractivity contribution in [3.63, 3.8) is 0 Å². The largest absolute Gasteiger partial charge is 0.496 e. The number of nitrogens with zero attached hydrogens (tertiary/aromatic N) is 1. The summed E-state index contributed by atoms with van der Waals surface area (Å²) in [5.74, 6) is 1.00. The Morgan fingerprint density at radius 2 is 2.00 bits per heavy atom. The van der Waals surface area contributed by atoms with Crippen molar-refractivity contribution < 1.29 is 4.74 Å². The highest BCUT2D eigenvalue weighted by Crippen LogP contribution is 2.29. The molecule has 1 atom stereocenters. The lowest BCUT2D eigenvalue weighted by Crippen LogP contribution is -2.43. The van der Waals surface area contributed by atoms with E-state index in [2.05, 4.69) is 43.2 Å². The van der Waals surface area contributed by atoms with Crippen LogP contribution >= 0.6 is 0 Å². The summed E-state index contributed by atoms with van der Waals surface area (Å²) in [5.41, 5.74) is 3.90. The lowest BCUT2D eigenvalue weighted by Gasteiger charge is -2.32. The van der Waals surface area contributed by atoms with Gasteiger partial charge in [0.2, 0.25) is 0 Å². The van der Waals surface area contributed by atoms with Gasteiger partial charge in [0.15, 0.2) is 0 Å². The Hall–Kier alpha value is -1.06. The molecule has 1 aromatic rings. The van der Waals surface area contributed by atoms with Crippen molar-refractivity contribution in [2.45, 2.75) is 19.9 Å². The van der Waals surface area contributed by atoms with Gasteiger partial charge in [-0.3, -0.25) is 0 Å². The van der Waals surface area contributed by atoms with Gasteiger partial charge in [-0.05, 0) is 38.1 Å². The average Bonchev–Trinajstić information content (AvgIpc) is 2.32. The summed E-state index contributed by atoms with van der Waals surface area (Å²) < 4.78 is 5.51. The van der Waals surface area contributed by atoms with E-state index in [1.54, 1.807) is 7.11 Å². The third kappa shape index (κ3) is 2.61. The summed E-state index contributed by atoms with van der Waals surface area (Å²) >= 11 is 0. The third-order valence-electron chi connectivity index (χ3n) is 3.60. The van der Waals surface area contributed by atoms with Crippen molar-refractivity contribution >= 4 is 0 Å². The van der Waals surface area contributed by atoms with Crippen molar-refractivity contribution in [1.29, 1.82) is 0 Å². The first-order valence-electron chi connectivity index (χ1n) is 6.19. The number of hydrogen-bond donors (Lipinski definition) is 1. The molecule has 0 saturated carbocycles. The minimum Gasteiger partial charge on any atom is -0.496 e. The van der Waals surface area contributed by atoms with Crippen molar-refractivity contribution in [2.24, 2.45) is 0 Å². The van der Waals surface area contributed by atoms with Crippen LogP contribution in [0.15, 0.2) is 12.1 Å². The molecule has 1 unspecified atom stereocenters. The number of hydrogen-bond acceptors (Lipinski definition) is 3. The minimum absolute atomic E-state index is 0.378. The molecule has 3 nitrogen and oxygen atoms in total. The van der Waals surface area contributed by atoms with E-state index in [4.69, 9.17) is 4.74 Å². The zero-order chi connectivity index (χ0) is 12.4. The second kappa shape index (κ2) is 5.07. The lowest BCUT2D eigenvalue weighted by atomic mass is 9.98. The van der Waals surface area contributed by atoms with Crippen molar-refractivity contribution in [1.82, 2.24) is 10.2 Å². The number of aryl methyl sites for hydroxylation is 2. The molecule has 1 heterocycles. The number of piperazine rings is 1. The molecule has 0 radical (unpaired) electrons. The standard InChI is InChI=1S/C14H22N2O/c1-10-7-12(14(17-4)8-11(10)2)13-9-16(3)6-5-15-13/h7-8,13,15H,5-6,9H2,1-4H3. The van der Waals surface area contributed by atoms with Crippen LogP contribution in [0.3, 0.4) is 0 Å². The van der Waals surface area contributed by atoms with E-state index in [0.29, 0.717) is 6.04 Å². The van der Waals surface area contributed by atoms with Crippen LogP contribution in [0.1, 0.15) is 22.7 Å². The Bertz CT molecular complexity index is 403. The molecule has 2 rings (SSSR count). The van der Waals surface area contributed by atoms with Crippen LogP contribution in [0, 0.1) is 13.8 Å². The van der Waals surface area contributed by atoms with Crippen LogP contribution in [0.25, 0.3) is 0 Å². The molecule has 3 heteroatoms. The van der Waals surface area contributed by atoms with Crippen LogP contribution in [0.5, 0.6) is 5.75 Å². The van der Waals surface area contributed by atoms with Crippen molar-refractivity contribution in [2.75, 3.05) is 33.8 Å². The van der Waals surface area contributed by atoms with Gasteiger partial charge in [-0.2, -0.15) is 0 Å². The van der Waals surface area contributed by atoms with Gasteiger partial charge in [0, 0.05) is 31.2 Å². The van der Waals surface area contributed by atoms with E-state index in [1.165, 1.54) is 16.7 Å². The zero-order valence-corrected chi connectivity index (χ0v) is 11.2. The predicted molar refractivity (Wildman–Crippen MR) is 70.7 cm³/mol. The third-order valence-corrected chi connectivity index (χ3v) is 3.60. The van der Waals surface area contributed by atoms with E-state index < -0.39 is 0 Å². The summed E-state index contributed by atoms with van der Waals surface area (Å²) in [4.78, 5) is 2.36. The van der Waals surface area contributed by atoms with Gasteiger partial charge >= 0.3 is 0 Å². The van der Waals surface area contributed by atoms with Crippen LogP contribution in [-0.2, 0) is 0 Å². The maximum atomic E-state index is 5.51. The van der Waals surface area contributed by atoms with Gasteiger partial charge in [-0.15, -0.1) is 0 Å². The Morgan fingerprint density at radius 3 is 2.65 bits per heavy atom. The number of likely N-dealkylation sites (N-methyl/N-ethyl adjacent to an activating group) is 1. The van der Waals surface area contributed by atoms with E-state index in [9.17, 15) is 0 Å². The maximum absolute atomic E-state index is 5.51. The van der Waals surface area contributed by atoms with Gasteiger partial charge in [-0.25, -0.2) is 0 Å². The molecular weight excluding hydrogens is 212 g/mol. The highest BCUT2D eigenvalue weighted by molar-refractivity contribution is 5.43. The molecule has 1 aliphatic rings. The first kappa shape index (κ1) is 12.4. The smallest absolute Gasteiger partial charge is 0.123 e. The quantitative estimate of drug-likeness (QED) is 0.845. The molecule has 0 amide bonds. The predicted octanol–water partition coefficient (Wildman–Crippen LogP) is 1.89. The Morgan fingerprint density at radius 1 is 1.29 bits per heavy atom. The fourth-order valence-electron chi connectivity index (χ4n) is 2.37. The molecule has 1 aromatic carbocycles. The molecule has 0 aliphatic carbocycles. The minimum atomic E-state index is 0.378. The van der Waals surface area contributed by atoms with Crippen molar-refractivity contribution in [3.8, 4) is 5.75 Å². The molecule has 1 fully saturated rings. The van der Waals surface area contributed by atoms with Gasteiger partial charge in [-0.1, -0.05) is 6.07 Å². The molecule has 17 heavy (non-hydrogen) atoms. The lowest BCUT2D eigenvalue weighted by molar-refractivity contribution is 0.237. The second-order valence-electron chi connectivity index (χ2n) is 4.95. The van der Waals surface area contributed by atoms with Crippen LogP contribution in [0.4, 0.5) is 0 Å². The first-order valence-corrected chi connectivity index (χ1v) is 6.19. The topological polar surface area (TPSA) is 24.5 Å². The Labute approximate surface area is 104 Å². The summed E-state index contributed by atoms with van der Waals surface area (Å²) in [6.45, 7) is 7.48. The monoisotopic (exact) mass is 234 g/mol. The van der Waals surface area contributed by atoms with Gasteiger partial charge < -0.3 is 15.0 Å². The summed E-state index contributed by atoms with van der Waals surface area (Å²) in [6, 6.07) is 4.77. The number of nitrogens with one attached hydrogen (secondary N) is 1. The summed E-state index contributed by atoms with van der Waals surface area (Å²) in [5, 5.41) is 3.57. The van der Waals surface area contributed by atoms with E-state index in [1.807, 2.05) is 0 Å². The summed E-state index contributed by atoms with van der Waals surface area (Å²) in [6.07, 6.45) is 0. The average molecular weight is 234 g/mol. The van der Waals surface area contributed by atoms with Crippen LogP contribution < -0.4 is 10.1 Å². The van der Waals surface area contributed by atoms with Crippen LogP contribution in [-0.4, -0.2) is 38.7 Å². The van der Waals surface area contributed by atoms with Gasteiger partial charge in [0.1, 0.15) is 5.75 Å². The molecule has 0 aromatic heterocycles. The van der Waals surface area contributed by atoms with Crippen molar-refractivity contribution in [3.05, 3.63) is 28.8 Å². The highest BCUT2D eigenvalue weighted by atomic mass is 16.5. The number of benzene rings is 1. The molecule has 94 valence electrons. The fraction of sp³-hybridized carbons (Fsp3) is 0.571. The first-order chi connectivity index (χ1) is 8.11. The molecule has 1 N–H and O–H groups in total. The number of methoxy groups -OCH3 is 1. The molecule has 1 aliphatic heterocycles. The maximum Gasteiger partial charge on any atom is 0.123 e. The molecule has 1 saturated heterocycles. The molecular formula is C14H22N2O. The van der Waals surface area contributed by atoms with Gasteiger partial charge in [0.25, 0.3) is 0 Å². The van der Waals surface area contributed by atoms with E-state index in [-0.39, 0.29) is 0 Å². The summed E-state index contributed by atoms with van der Waals surface area (Å²) in [7, 11) is 3.92. The second-order valence-corrected chi connectivity index (χ2v) is 4.95. The van der Waals surface area contributed by atoms with Gasteiger partial charge in [0.05, 0.1) is 7.11 Å². The normalized spacial score (nSPS) is 21.5. The van der Waals surface area contributed by atoms with Crippen LogP contribution in [0.2, 0.25) is 0 Å². The van der Waals surface area contributed by atoms with E-state index in [0.717, 1.165) is 25.4 Å². The van der Waals surface area contributed by atoms with E-state index >= 15 is 0 Å². The fourth-order valence-corrected chi connectivity index (χ4v) is 2.37. The zero-order valence-electron chi connectivity index (χ0n) is 11.2. The Balaban J connectivity index is 2.33. The Kier molecular flexibility index (Phi) is 3.69. The molecule has 0 spiro atoms.